The Morgan fingerprint density at radius 2 is 2.00 bits per heavy atom. The SMILES string of the molecule is Cl.Cl.NCCC/C=C(\F)C(N)C(=O)O. The lowest BCUT2D eigenvalue weighted by atomic mass is 10.2. The number of rotatable bonds is 5. The van der Waals surface area contributed by atoms with Crippen LogP contribution >= 0.6 is 24.8 Å². The van der Waals surface area contributed by atoms with Crippen LogP contribution in [0, 0.1) is 0 Å². The molecule has 0 aromatic carbocycles. The Bertz CT molecular complexity index is 191. The van der Waals surface area contributed by atoms with Gasteiger partial charge in [0.1, 0.15) is 5.83 Å². The van der Waals surface area contributed by atoms with Crippen LogP contribution in [0.2, 0.25) is 0 Å². The summed E-state index contributed by atoms with van der Waals surface area (Å²) in [5.41, 5.74) is 10.1. The number of hydrogen-bond acceptors (Lipinski definition) is 3. The summed E-state index contributed by atoms with van der Waals surface area (Å²) in [5, 5.41) is 8.28. The highest BCUT2D eigenvalue weighted by Gasteiger charge is 2.16. The molecule has 0 saturated carbocycles. The topological polar surface area (TPSA) is 89.3 Å². The predicted molar refractivity (Wildman–Crippen MR) is 57.6 cm³/mol. The fourth-order valence-electron chi connectivity index (χ4n) is 0.603. The third-order valence-electron chi connectivity index (χ3n) is 1.31. The van der Waals surface area contributed by atoms with E-state index < -0.39 is 17.8 Å². The molecule has 1 atom stereocenters. The molecule has 5 N–H and O–H groups in total. The standard InChI is InChI=1S/C7H13FN2O2.2ClH/c8-5(3-1-2-4-9)6(10)7(11)12;;/h3,6H,1-2,4,9-10H2,(H,11,12);2*1H/b5-3-;;. The molecule has 0 aliphatic carbocycles. The van der Waals surface area contributed by atoms with Crippen molar-refractivity contribution in [3.05, 3.63) is 11.9 Å². The Morgan fingerprint density at radius 1 is 1.50 bits per heavy atom. The zero-order valence-corrected chi connectivity index (χ0v) is 9.11. The summed E-state index contributed by atoms with van der Waals surface area (Å²) >= 11 is 0. The number of carbonyl (C=O) groups is 1. The molecule has 0 saturated heterocycles. The van der Waals surface area contributed by atoms with E-state index in [1.54, 1.807) is 0 Å². The number of carboxylic acids is 1. The van der Waals surface area contributed by atoms with E-state index >= 15 is 0 Å². The van der Waals surface area contributed by atoms with E-state index in [0.717, 1.165) is 6.08 Å². The fourth-order valence-corrected chi connectivity index (χ4v) is 0.603. The second-order valence-electron chi connectivity index (χ2n) is 2.34. The molecule has 0 aromatic rings. The number of nitrogens with two attached hydrogens (primary N) is 2. The predicted octanol–water partition coefficient (Wildman–Crippen LogP) is 0.834. The maximum atomic E-state index is 12.7. The summed E-state index contributed by atoms with van der Waals surface area (Å²) in [6.07, 6.45) is 2.20. The first-order chi connectivity index (χ1) is 5.59. The van der Waals surface area contributed by atoms with E-state index in [9.17, 15) is 9.18 Å². The van der Waals surface area contributed by atoms with E-state index in [1.807, 2.05) is 0 Å². The molecular formula is C7H15Cl2FN2O2. The molecule has 0 radical (unpaired) electrons. The molecule has 0 rings (SSSR count). The maximum Gasteiger partial charge on any atom is 0.327 e. The number of aliphatic carboxylic acids is 1. The minimum Gasteiger partial charge on any atom is -0.480 e. The van der Waals surface area contributed by atoms with Crippen LogP contribution in [-0.4, -0.2) is 23.7 Å². The van der Waals surface area contributed by atoms with Crippen LogP contribution in [0.15, 0.2) is 11.9 Å². The van der Waals surface area contributed by atoms with Crippen LogP contribution in [-0.2, 0) is 4.79 Å². The van der Waals surface area contributed by atoms with Gasteiger partial charge in [-0.2, -0.15) is 0 Å². The van der Waals surface area contributed by atoms with Gasteiger partial charge >= 0.3 is 5.97 Å². The van der Waals surface area contributed by atoms with Crippen molar-refractivity contribution >= 4 is 30.8 Å². The minimum absolute atomic E-state index is 0. The second-order valence-corrected chi connectivity index (χ2v) is 2.34. The average molecular weight is 249 g/mol. The second kappa shape index (κ2) is 10.7. The highest BCUT2D eigenvalue weighted by molar-refractivity contribution is 5.85. The van der Waals surface area contributed by atoms with Crippen molar-refractivity contribution in [3.63, 3.8) is 0 Å². The van der Waals surface area contributed by atoms with E-state index in [2.05, 4.69) is 0 Å². The molecular weight excluding hydrogens is 234 g/mol. The summed E-state index contributed by atoms with van der Waals surface area (Å²) in [6, 6.07) is -1.54. The summed E-state index contributed by atoms with van der Waals surface area (Å²) in [7, 11) is 0. The third-order valence-corrected chi connectivity index (χ3v) is 1.31. The molecule has 1 unspecified atom stereocenters. The van der Waals surface area contributed by atoms with Crippen LogP contribution in [0.1, 0.15) is 12.8 Å². The van der Waals surface area contributed by atoms with Crippen molar-refractivity contribution < 1.29 is 14.3 Å². The summed E-state index contributed by atoms with van der Waals surface area (Å²) in [4.78, 5) is 10.1. The maximum absolute atomic E-state index is 12.7. The molecule has 0 heterocycles. The van der Waals surface area contributed by atoms with Crippen LogP contribution in [0.25, 0.3) is 0 Å². The molecule has 0 aliphatic rings. The van der Waals surface area contributed by atoms with Gasteiger partial charge in [0.25, 0.3) is 0 Å². The van der Waals surface area contributed by atoms with Gasteiger partial charge in [-0.05, 0) is 19.4 Å². The Morgan fingerprint density at radius 3 is 2.36 bits per heavy atom. The summed E-state index contributed by atoms with van der Waals surface area (Å²) < 4.78 is 12.7. The molecule has 7 heteroatoms. The molecule has 0 fully saturated rings. The van der Waals surface area contributed by atoms with Crippen LogP contribution in [0.4, 0.5) is 4.39 Å². The van der Waals surface area contributed by atoms with Gasteiger partial charge in [-0.3, -0.25) is 4.79 Å². The van der Waals surface area contributed by atoms with Gasteiger partial charge in [-0.15, -0.1) is 24.8 Å². The first kappa shape index (κ1) is 19.2. The Kier molecular flexibility index (Phi) is 14.7. The number of hydrogen-bond donors (Lipinski definition) is 3. The number of halogens is 3. The molecule has 0 bridgehead atoms. The van der Waals surface area contributed by atoms with Crippen molar-refractivity contribution in [3.8, 4) is 0 Å². The zero-order chi connectivity index (χ0) is 9.56. The van der Waals surface area contributed by atoms with Gasteiger partial charge < -0.3 is 16.6 Å². The van der Waals surface area contributed by atoms with Crippen molar-refractivity contribution in [2.24, 2.45) is 11.5 Å². The van der Waals surface area contributed by atoms with Gasteiger partial charge in [-0.1, -0.05) is 6.08 Å². The number of carboxylic acid groups (broad SMARTS) is 1. The Balaban J connectivity index is -0.000000605. The van der Waals surface area contributed by atoms with Crippen molar-refractivity contribution in [2.45, 2.75) is 18.9 Å². The summed E-state index contributed by atoms with van der Waals surface area (Å²) in [6.45, 7) is 0.450. The van der Waals surface area contributed by atoms with Crippen molar-refractivity contribution in [1.29, 1.82) is 0 Å². The minimum atomic E-state index is -1.54. The Labute approximate surface area is 94.3 Å². The Hall–Kier alpha value is -0.360. The van der Waals surface area contributed by atoms with E-state index in [1.165, 1.54) is 0 Å². The molecule has 0 aromatic heterocycles. The molecule has 14 heavy (non-hydrogen) atoms. The molecule has 86 valence electrons. The first-order valence-electron chi connectivity index (χ1n) is 3.63. The van der Waals surface area contributed by atoms with E-state index in [0.29, 0.717) is 19.4 Å². The monoisotopic (exact) mass is 248 g/mol. The van der Waals surface area contributed by atoms with Gasteiger partial charge in [-0.25, -0.2) is 4.39 Å². The smallest absolute Gasteiger partial charge is 0.327 e. The normalized spacial score (nSPS) is 12.4. The van der Waals surface area contributed by atoms with Crippen molar-refractivity contribution in [1.82, 2.24) is 0 Å². The molecule has 0 amide bonds. The lowest BCUT2D eigenvalue weighted by molar-refractivity contribution is -0.137. The fraction of sp³-hybridized carbons (Fsp3) is 0.571. The largest absolute Gasteiger partial charge is 0.480 e. The molecule has 0 aliphatic heterocycles. The third kappa shape index (κ3) is 8.25. The molecule has 4 nitrogen and oxygen atoms in total. The van der Waals surface area contributed by atoms with Gasteiger partial charge in [0.2, 0.25) is 0 Å². The quantitative estimate of drug-likeness (QED) is 0.629. The first-order valence-corrected chi connectivity index (χ1v) is 3.63. The lowest BCUT2D eigenvalue weighted by Crippen LogP contribution is -2.30. The van der Waals surface area contributed by atoms with Gasteiger partial charge in [0.05, 0.1) is 0 Å². The highest BCUT2D eigenvalue weighted by atomic mass is 35.5. The lowest BCUT2D eigenvalue weighted by Gasteiger charge is -2.01. The van der Waals surface area contributed by atoms with Gasteiger partial charge in [0, 0.05) is 0 Å². The van der Waals surface area contributed by atoms with E-state index in [4.69, 9.17) is 16.6 Å². The van der Waals surface area contributed by atoms with Crippen LogP contribution in [0.5, 0.6) is 0 Å². The number of unbranched alkanes of at least 4 members (excludes halogenated alkanes) is 1. The van der Waals surface area contributed by atoms with Gasteiger partial charge in [0.15, 0.2) is 6.04 Å². The van der Waals surface area contributed by atoms with E-state index in [-0.39, 0.29) is 24.8 Å². The van der Waals surface area contributed by atoms with Crippen LogP contribution < -0.4 is 11.5 Å². The van der Waals surface area contributed by atoms with Crippen molar-refractivity contribution in [2.75, 3.05) is 6.54 Å². The van der Waals surface area contributed by atoms with Crippen LogP contribution in [0.3, 0.4) is 0 Å². The molecule has 0 spiro atoms. The highest BCUT2D eigenvalue weighted by Crippen LogP contribution is 2.04. The number of allylic oxidation sites excluding steroid dienone is 1. The average Bonchev–Trinajstić information content (AvgIpc) is 2.03. The zero-order valence-electron chi connectivity index (χ0n) is 7.48. The summed E-state index contributed by atoms with van der Waals surface area (Å²) in [5.74, 6) is -2.17.